The normalized spacial score (nSPS) is 13.4. The van der Waals surface area contributed by atoms with Crippen LogP contribution in [0.1, 0.15) is 11.1 Å². The number of fused-ring (bicyclic) bond motifs is 1. The first-order chi connectivity index (χ1) is 9.65. The van der Waals surface area contributed by atoms with Crippen molar-refractivity contribution >= 4 is 34.6 Å². The first-order valence-electron chi connectivity index (χ1n) is 6.66. The highest BCUT2D eigenvalue weighted by Gasteiger charge is 2.15. The Morgan fingerprint density at radius 2 is 2.05 bits per heavy atom. The number of anilines is 2. The van der Waals surface area contributed by atoms with Gasteiger partial charge in [0.15, 0.2) is 0 Å². The van der Waals surface area contributed by atoms with Gasteiger partial charge in [0.1, 0.15) is 0 Å². The van der Waals surface area contributed by atoms with Crippen molar-refractivity contribution in [1.82, 2.24) is 0 Å². The second-order valence-electron chi connectivity index (χ2n) is 5.09. The van der Waals surface area contributed by atoms with Crippen molar-refractivity contribution in [2.24, 2.45) is 0 Å². The van der Waals surface area contributed by atoms with Crippen molar-refractivity contribution in [1.29, 1.82) is 0 Å². The molecule has 0 fully saturated rings. The molecule has 3 rings (SSSR count). The lowest BCUT2D eigenvalue weighted by atomic mass is 10.1. The number of likely N-dealkylation sites (N-methyl/N-ethyl adjacent to an activating group) is 1. The third kappa shape index (κ3) is 2.58. The largest absolute Gasteiger partial charge is 0.380 e. The van der Waals surface area contributed by atoms with Crippen LogP contribution in [0, 0.1) is 0 Å². The summed E-state index contributed by atoms with van der Waals surface area (Å²) in [6.45, 7) is 1.85. The molecule has 2 aromatic carbocycles. The molecule has 0 amide bonds. The Labute approximate surface area is 129 Å². The van der Waals surface area contributed by atoms with E-state index < -0.39 is 0 Å². The zero-order chi connectivity index (χ0) is 14.1. The topological polar surface area (TPSA) is 15.3 Å². The van der Waals surface area contributed by atoms with Gasteiger partial charge in [-0.1, -0.05) is 41.4 Å². The number of halogens is 2. The molecule has 0 bridgehead atoms. The van der Waals surface area contributed by atoms with Crippen molar-refractivity contribution in [3.05, 3.63) is 57.6 Å². The minimum Gasteiger partial charge on any atom is -0.380 e. The van der Waals surface area contributed by atoms with Gasteiger partial charge in [0, 0.05) is 25.8 Å². The maximum atomic E-state index is 6.17. The van der Waals surface area contributed by atoms with Crippen molar-refractivity contribution in [2.75, 3.05) is 23.8 Å². The molecule has 4 heteroatoms. The predicted molar refractivity (Wildman–Crippen MR) is 87.2 cm³/mol. The highest BCUT2D eigenvalue weighted by atomic mass is 35.5. The summed E-state index contributed by atoms with van der Waals surface area (Å²) in [5.41, 5.74) is 4.89. The van der Waals surface area contributed by atoms with Crippen LogP contribution in [0.5, 0.6) is 0 Å². The first kappa shape index (κ1) is 13.6. The SMILES string of the molecule is CN1CCc2cc(CNc3cccc(Cl)c3Cl)ccc21. The standard InChI is InChI=1S/C16H16Cl2N2/c1-20-8-7-12-9-11(5-6-15(12)20)10-19-14-4-2-3-13(17)16(14)18/h2-6,9,19H,7-8,10H2,1H3. The van der Waals surface area contributed by atoms with Crippen LogP contribution in [0.15, 0.2) is 36.4 Å². The summed E-state index contributed by atoms with van der Waals surface area (Å²) < 4.78 is 0. The average molecular weight is 307 g/mol. The minimum atomic E-state index is 0.576. The quantitative estimate of drug-likeness (QED) is 0.891. The molecule has 2 aromatic rings. The molecule has 1 N–H and O–H groups in total. The van der Waals surface area contributed by atoms with Crippen LogP contribution in [-0.4, -0.2) is 13.6 Å². The van der Waals surface area contributed by atoms with Gasteiger partial charge >= 0.3 is 0 Å². The predicted octanol–water partition coefficient (Wildman–Crippen LogP) is 4.60. The summed E-state index contributed by atoms with van der Waals surface area (Å²) in [5, 5.41) is 4.50. The van der Waals surface area contributed by atoms with E-state index in [0.29, 0.717) is 10.0 Å². The van der Waals surface area contributed by atoms with Crippen molar-refractivity contribution in [3.63, 3.8) is 0 Å². The second-order valence-corrected chi connectivity index (χ2v) is 5.87. The van der Waals surface area contributed by atoms with Gasteiger partial charge in [0.2, 0.25) is 0 Å². The molecule has 0 saturated heterocycles. The number of nitrogens with zero attached hydrogens (tertiary/aromatic N) is 1. The van der Waals surface area contributed by atoms with Crippen molar-refractivity contribution in [3.8, 4) is 0 Å². The minimum absolute atomic E-state index is 0.576. The first-order valence-corrected chi connectivity index (χ1v) is 7.41. The van der Waals surface area contributed by atoms with Gasteiger partial charge in [0.25, 0.3) is 0 Å². The number of nitrogens with one attached hydrogen (secondary N) is 1. The molecule has 0 unspecified atom stereocenters. The zero-order valence-electron chi connectivity index (χ0n) is 11.3. The smallest absolute Gasteiger partial charge is 0.0823 e. The molecule has 1 aliphatic rings. The maximum Gasteiger partial charge on any atom is 0.0823 e. The Morgan fingerprint density at radius 3 is 2.90 bits per heavy atom. The molecule has 1 aliphatic heterocycles. The van der Waals surface area contributed by atoms with E-state index in [9.17, 15) is 0 Å². The molecule has 0 radical (unpaired) electrons. The number of hydrogen-bond donors (Lipinski definition) is 1. The van der Waals surface area contributed by atoms with Crippen LogP contribution < -0.4 is 10.2 Å². The fourth-order valence-electron chi connectivity index (χ4n) is 2.57. The fourth-order valence-corrected chi connectivity index (χ4v) is 2.94. The molecule has 0 spiro atoms. The third-order valence-corrected chi connectivity index (χ3v) is 4.53. The molecule has 2 nitrogen and oxygen atoms in total. The molecular weight excluding hydrogens is 291 g/mol. The van der Waals surface area contributed by atoms with Gasteiger partial charge in [-0.15, -0.1) is 0 Å². The molecule has 0 saturated carbocycles. The second kappa shape index (κ2) is 5.55. The summed E-state index contributed by atoms with van der Waals surface area (Å²) in [6, 6.07) is 12.2. The van der Waals surface area contributed by atoms with Crippen molar-refractivity contribution < 1.29 is 0 Å². The lowest BCUT2D eigenvalue weighted by molar-refractivity contribution is 0.955. The van der Waals surface area contributed by atoms with Crippen LogP contribution in [0.25, 0.3) is 0 Å². The molecule has 20 heavy (non-hydrogen) atoms. The Morgan fingerprint density at radius 1 is 1.20 bits per heavy atom. The molecular formula is C16H16Cl2N2. The van der Waals surface area contributed by atoms with Gasteiger partial charge in [-0.2, -0.15) is 0 Å². The average Bonchev–Trinajstić information content (AvgIpc) is 2.82. The van der Waals surface area contributed by atoms with Gasteiger partial charge in [-0.3, -0.25) is 0 Å². The van der Waals surface area contributed by atoms with E-state index in [1.807, 2.05) is 12.1 Å². The van der Waals surface area contributed by atoms with E-state index in [1.54, 1.807) is 6.07 Å². The zero-order valence-corrected chi connectivity index (χ0v) is 12.8. The van der Waals surface area contributed by atoms with Crippen LogP contribution in [0.2, 0.25) is 10.0 Å². The summed E-state index contributed by atoms with van der Waals surface area (Å²) in [7, 11) is 2.13. The highest BCUT2D eigenvalue weighted by Crippen LogP contribution is 2.31. The third-order valence-electron chi connectivity index (χ3n) is 3.71. The van der Waals surface area contributed by atoms with Gasteiger partial charge in [-0.05, 0) is 35.7 Å². The maximum absolute atomic E-state index is 6.17. The van der Waals surface area contributed by atoms with E-state index in [0.717, 1.165) is 25.2 Å². The van der Waals surface area contributed by atoms with E-state index in [4.69, 9.17) is 23.2 Å². The lowest BCUT2D eigenvalue weighted by Crippen LogP contribution is -2.12. The fraction of sp³-hybridized carbons (Fsp3) is 0.250. The van der Waals surface area contributed by atoms with Crippen LogP contribution in [0.3, 0.4) is 0 Å². The van der Waals surface area contributed by atoms with Gasteiger partial charge in [0.05, 0.1) is 15.7 Å². The Kier molecular flexibility index (Phi) is 3.77. The van der Waals surface area contributed by atoms with Crippen LogP contribution >= 0.6 is 23.2 Å². The van der Waals surface area contributed by atoms with E-state index in [1.165, 1.54) is 16.8 Å². The summed E-state index contributed by atoms with van der Waals surface area (Å²) in [4.78, 5) is 2.29. The summed E-state index contributed by atoms with van der Waals surface area (Å²) >= 11 is 12.2. The molecule has 0 aliphatic carbocycles. The van der Waals surface area contributed by atoms with Crippen LogP contribution in [-0.2, 0) is 13.0 Å². The van der Waals surface area contributed by atoms with E-state index in [-0.39, 0.29) is 0 Å². The van der Waals surface area contributed by atoms with Crippen LogP contribution in [0.4, 0.5) is 11.4 Å². The lowest BCUT2D eigenvalue weighted by Gasteiger charge is -2.13. The summed E-state index contributed by atoms with van der Waals surface area (Å²) in [5.74, 6) is 0. The Bertz CT molecular complexity index is 640. The Hall–Kier alpha value is -1.38. The number of rotatable bonds is 3. The molecule has 1 heterocycles. The highest BCUT2D eigenvalue weighted by molar-refractivity contribution is 6.43. The van der Waals surface area contributed by atoms with Gasteiger partial charge in [-0.25, -0.2) is 0 Å². The summed E-state index contributed by atoms with van der Waals surface area (Å²) in [6.07, 6.45) is 1.12. The molecule has 0 aromatic heterocycles. The van der Waals surface area contributed by atoms with E-state index in [2.05, 4.69) is 35.5 Å². The number of benzene rings is 2. The van der Waals surface area contributed by atoms with Gasteiger partial charge < -0.3 is 10.2 Å². The molecule has 0 atom stereocenters. The Balaban J connectivity index is 1.74. The molecule has 104 valence electrons. The van der Waals surface area contributed by atoms with Crippen molar-refractivity contribution in [2.45, 2.75) is 13.0 Å². The number of hydrogen-bond acceptors (Lipinski definition) is 2. The monoisotopic (exact) mass is 306 g/mol. The van der Waals surface area contributed by atoms with E-state index >= 15 is 0 Å².